The van der Waals surface area contributed by atoms with E-state index >= 15 is 0 Å². The van der Waals surface area contributed by atoms with Crippen LogP contribution >= 0.6 is 0 Å². The van der Waals surface area contributed by atoms with Crippen molar-refractivity contribution in [2.24, 2.45) is 16.9 Å². The molecule has 1 aliphatic heterocycles. The molecule has 1 fully saturated rings. The summed E-state index contributed by atoms with van der Waals surface area (Å²) in [6.07, 6.45) is 1.05. The van der Waals surface area contributed by atoms with Crippen molar-refractivity contribution in [2.75, 3.05) is 13.1 Å². The van der Waals surface area contributed by atoms with E-state index < -0.39 is 11.9 Å². The standard InChI is InChI=1S/C10H19N3O2/c1-10(2,6-11)5-8(14)13-4-3-7(13)9(12)15/h7H,3-6,11H2,1-2H3,(H2,12,15). The summed E-state index contributed by atoms with van der Waals surface area (Å²) in [7, 11) is 0. The Labute approximate surface area is 89.8 Å². The highest BCUT2D eigenvalue weighted by Crippen LogP contribution is 2.24. The van der Waals surface area contributed by atoms with Crippen molar-refractivity contribution >= 4 is 11.8 Å². The smallest absolute Gasteiger partial charge is 0.240 e. The minimum absolute atomic E-state index is 0.0273. The minimum Gasteiger partial charge on any atom is -0.368 e. The van der Waals surface area contributed by atoms with Gasteiger partial charge in [0.15, 0.2) is 0 Å². The predicted molar refractivity (Wildman–Crippen MR) is 56.8 cm³/mol. The Morgan fingerprint density at radius 1 is 1.47 bits per heavy atom. The van der Waals surface area contributed by atoms with Crippen molar-refractivity contribution in [3.05, 3.63) is 0 Å². The fourth-order valence-electron chi connectivity index (χ4n) is 1.56. The lowest BCUT2D eigenvalue weighted by molar-refractivity contribution is -0.147. The predicted octanol–water partition coefficient (Wildman–Crippen LogP) is -0.552. The SMILES string of the molecule is CC(C)(CN)CC(=O)N1CCC1C(N)=O. The van der Waals surface area contributed by atoms with Gasteiger partial charge in [-0.25, -0.2) is 0 Å². The van der Waals surface area contributed by atoms with Gasteiger partial charge in [0.25, 0.3) is 0 Å². The quantitative estimate of drug-likeness (QED) is 0.656. The highest BCUT2D eigenvalue weighted by Gasteiger charge is 2.37. The molecule has 0 aliphatic carbocycles. The third-order valence-corrected chi connectivity index (χ3v) is 2.85. The molecule has 86 valence electrons. The number of hydrogen-bond donors (Lipinski definition) is 2. The maximum absolute atomic E-state index is 11.8. The van der Waals surface area contributed by atoms with E-state index in [0.717, 1.165) is 0 Å². The molecule has 1 heterocycles. The van der Waals surface area contributed by atoms with Crippen LogP contribution in [0.25, 0.3) is 0 Å². The molecule has 15 heavy (non-hydrogen) atoms. The van der Waals surface area contributed by atoms with Gasteiger partial charge in [0.2, 0.25) is 11.8 Å². The fraction of sp³-hybridized carbons (Fsp3) is 0.800. The molecule has 0 aromatic carbocycles. The topological polar surface area (TPSA) is 89.4 Å². The van der Waals surface area contributed by atoms with Gasteiger partial charge >= 0.3 is 0 Å². The Morgan fingerprint density at radius 2 is 2.07 bits per heavy atom. The number of likely N-dealkylation sites (tertiary alicyclic amines) is 1. The first kappa shape index (κ1) is 12.0. The van der Waals surface area contributed by atoms with E-state index in [-0.39, 0.29) is 11.3 Å². The van der Waals surface area contributed by atoms with Crippen molar-refractivity contribution in [2.45, 2.75) is 32.7 Å². The highest BCUT2D eigenvalue weighted by atomic mass is 16.2. The number of primary amides is 1. The van der Waals surface area contributed by atoms with Crippen molar-refractivity contribution < 1.29 is 9.59 Å². The largest absolute Gasteiger partial charge is 0.368 e. The maximum Gasteiger partial charge on any atom is 0.240 e. The van der Waals surface area contributed by atoms with Gasteiger partial charge in [0.1, 0.15) is 6.04 Å². The van der Waals surface area contributed by atoms with Crippen LogP contribution in [0.4, 0.5) is 0 Å². The number of nitrogens with two attached hydrogens (primary N) is 2. The summed E-state index contributed by atoms with van der Waals surface area (Å²) in [5.74, 6) is -0.444. The van der Waals surface area contributed by atoms with E-state index in [1.165, 1.54) is 0 Å². The average Bonchev–Trinajstić information content (AvgIpc) is 1.99. The fourth-order valence-corrected chi connectivity index (χ4v) is 1.56. The normalized spacial score (nSPS) is 21.0. The van der Waals surface area contributed by atoms with Crippen molar-refractivity contribution in [3.8, 4) is 0 Å². The van der Waals surface area contributed by atoms with E-state index in [0.29, 0.717) is 25.9 Å². The second-order valence-corrected chi connectivity index (χ2v) is 4.84. The van der Waals surface area contributed by atoms with Crippen LogP contribution in [0.15, 0.2) is 0 Å². The zero-order chi connectivity index (χ0) is 11.6. The van der Waals surface area contributed by atoms with E-state index in [4.69, 9.17) is 11.5 Å². The molecule has 2 amide bonds. The van der Waals surface area contributed by atoms with Crippen LogP contribution in [0.5, 0.6) is 0 Å². The highest BCUT2D eigenvalue weighted by molar-refractivity contribution is 5.88. The summed E-state index contributed by atoms with van der Waals surface area (Å²) < 4.78 is 0. The number of carbonyl (C=O) groups excluding carboxylic acids is 2. The molecule has 0 spiro atoms. The molecule has 5 nitrogen and oxygen atoms in total. The van der Waals surface area contributed by atoms with Gasteiger partial charge in [0.05, 0.1) is 0 Å². The number of rotatable bonds is 4. The van der Waals surface area contributed by atoms with Gasteiger partial charge in [-0.3, -0.25) is 9.59 Å². The van der Waals surface area contributed by atoms with E-state index in [1.54, 1.807) is 4.90 Å². The summed E-state index contributed by atoms with van der Waals surface area (Å²) in [6, 6.07) is -0.397. The van der Waals surface area contributed by atoms with Gasteiger partial charge in [-0.1, -0.05) is 13.8 Å². The van der Waals surface area contributed by atoms with Crippen LogP contribution in [-0.4, -0.2) is 35.8 Å². The number of amides is 2. The number of carbonyl (C=O) groups is 2. The molecule has 0 saturated carbocycles. The molecule has 1 unspecified atom stereocenters. The molecule has 1 saturated heterocycles. The van der Waals surface area contributed by atoms with Gasteiger partial charge < -0.3 is 16.4 Å². The summed E-state index contributed by atoms with van der Waals surface area (Å²) in [6.45, 7) is 4.95. The van der Waals surface area contributed by atoms with Gasteiger partial charge in [-0.05, 0) is 18.4 Å². The Balaban J connectivity index is 2.52. The van der Waals surface area contributed by atoms with Gasteiger partial charge in [-0.15, -0.1) is 0 Å². The van der Waals surface area contributed by atoms with Crippen LogP contribution < -0.4 is 11.5 Å². The molecule has 0 bridgehead atoms. The zero-order valence-corrected chi connectivity index (χ0v) is 9.32. The molecular weight excluding hydrogens is 194 g/mol. The number of hydrogen-bond acceptors (Lipinski definition) is 3. The van der Waals surface area contributed by atoms with Crippen LogP contribution in [0.3, 0.4) is 0 Å². The summed E-state index contributed by atoms with van der Waals surface area (Å²) >= 11 is 0. The first-order valence-electron chi connectivity index (χ1n) is 5.16. The number of nitrogens with zero attached hydrogens (tertiary/aromatic N) is 1. The lowest BCUT2D eigenvalue weighted by atomic mass is 9.87. The van der Waals surface area contributed by atoms with Gasteiger partial charge in [0, 0.05) is 13.0 Å². The zero-order valence-electron chi connectivity index (χ0n) is 9.32. The summed E-state index contributed by atoms with van der Waals surface area (Å²) in [5.41, 5.74) is 10.5. The minimum atomic E-state index is -0.417. The third kappa shape index (κ3) is 2.68. The van der Waals surface area contributed by atoms with Crippen molar-refractivity contribution in [1.29, 1.82) is 0 Å². The Hall–Kier alpha value is -1.10. The van der Waals surface area contributed by atoms with E-state index in [9.17, 15) is 9.59 Å². The van der Waals surface area contributed by atoms with Crippen molar-refractivity contribution in [3.63, 3.8) is 0 Å². The summed E-state index contributed by atoms with van der Waals surface area (Å²) in [5, 5.41) is 0. The molecule has 5 heteroatoms. The Morgan fingerprint density at radius 3 is 2.40 bits per heavy atom. The maximum atomic E-state index is 11.8. The average molecular weight is 213 g/mol. The molecule has 4 N–H and O–H groups in total. The molecule has 1 rings (SSSR count). The molecule has 0 radical (unpaired) electrons. The summed E-state index contributed by atoms with van der Waals surface area (Å²) in [4.78, 5) is 24.3. The van der Waals surface area contributed by atoms with E-state index in [1.807, 2.05) is 13.8 Å². The first-order chi connectivity index (χ1) is 6.87. The third-order valence-electron chi connectivity index (χ3n) is 2.85. The monoisotopic (exact) mass is 213 g/mol. The molecule has 1 atom stereocenters. The first-order valence-corrected chi connectivity index (χ1v) is 5.16. The van der Waals surface area contributed by atoms with Crippen LogP contribution in [0.1, 0.15) is 26.7 Å². The lowest BCUT2D eigenvalue weighted by Gasteiger charge is -2.40. The van der Waals surface area contributed by atoms with Crippen LogP contribution in [0.2, 0.25) is 0 Å². The van der Waals surface area contributed by atoms with Crippen LogP contribution in [-0.2, 0) is 9.59 Å². The molecular formula is C10H19N3O2. The molecule has 1 aliphatic rings. The second kappa shape index (κ2) is 4.18. The Kier molecular flexibility index (Phi) is 3.34. The molecule has 0 aromatic rings. The van der Waals surface area contributed by atoms with Crippen molar-refractivity contribution in [1.82, 2.24) is 4.90 Å². The van der Waals surface area contributed by atoms with Crippen LogP contribution in [0, 0.1) is 5.41 Å². The van der Waals surface area contributed by atoms with Gasteiger partial charge in [-0.2, -0.15) is 0 Å². The molecule has 0 aromatic heterocycles. The lowest BCUT2D eigenvalue weighted by Crippen LogP contribution is -2.57. The second-order valence-electron chi connectivity index (χ2n) is 4.84. The Bertz CT molecular complexity index is 276. The van der Waals surface area contributed by atoms with E-state index in [2.05, 4.69) is 0 Å².